The molecule has 0 fully saturated rings. The Bertz CT molecular complexity index is 307. The summed E-state index contributed by atoms with van der Waals surface area (Å²) < 4.78 is 0. The molecule has 1 rings (SSSR count). The maximum atomic E-state index is 3.50. The molecule has 0 aliphatic carbocycles. The molecule has 1 N–H and O–H groups in total. The van der Waals surface area contributed by atoms with Crippen molar-refractivity contribution in [2.45, 2.75) is 44.4 Å². The Morgan fingerprint density at radius 2 is 1.81 bits per heavy atom. The van der Waals surface area contributed by atoms with E-state index in [2.05, 4.69) is 57.3 Å². The summed E-state index contributed by atoms with van der Waals surface area (Å²) in [4.78, 5) is 1.41. The van der Waals surface area contributed by atoms with Crippen molar-refractivity contribution < 1.29 is 0 Å². The minimum atomic E-state index is 0.645. The maximum absolute atomic E-state index is 3.50. The molecule has 16 heavy (non-hydrogen) atoms. The number of hydrogen-bond donors (Lipinski definition) is 1. The number of rotatable bonds is 6. The van der Waals surface area contributed by atoms with E-state index >= 15 is 0 Å². The Kier molecular flexibility index (Phi) is 5.93. The van der Waals surface area contributed by atoms with Crippen molar-refractivity contribution >= 4 is 11.8 Å². The van der Waals surface area contributed by atoms with Crippen LogP contribution in [-0.2, 0) is 6.54 Å². The summed E-state index contributed by atoms with van der Waals surface area (Å²) in [6.07, 6.45) is 0. The van der Waals surface area contributed by atoms with Crippen LogP contribution >= 0.6 is 11.8 Å². The van der Waals surface area contributed by atoms with Crippen LogP contribution < -0.4 is 5.32 Å². The summed E-state index contributed by atoms with van der Waals surface area (Å²) in [7, 11) is 0. The van der Waals surface area contributed by atoms with Crippen LogP contribution in [0.25, 0.3) is 0 Å². The zero-order chi connectivity index (χ0) is 12.0. The highest BCUT2D eigenvalue weighted by molar-refractivity contribution is 8.00. The van der Waals surface area contributed by atoms with Gasteiger partial charge in [0, 0.05) is 16.7 Å². The Labute approximate surface area is 104 Å². The number of benzene rings is 1. The van der Waals surface area contributed by atoms with E-state index in [1.54, 1.807) is 0 Å². The Morgan fingerprint density at radius 1 is 1.12 bits per heavy atom. The fourth-order valence-corrected chi connectivity index (χ4v) is 2.47. The van der Waals surface area contributed by atoms with Gasteiger partial charge in [-0.25, -0.2) is 0 Å². The molecule has 90 valence electrons. The summed E-state index contributed by atoms with van der Waals surface area (Å²) in [5.74, 6) is 0.713. The molecule has 2 heteroatoms. The van der Waals surface area contributed by atoms with Crippen molar-refractivity contribution in [2.75, 3.05) is 6.54 Å². The van der Waals surface area contributed by atoms with Gasteiger partial charge in [-0.2, -0.15) is 0 Å². The third-order valence-electron chi connectivity index (χ3n) is 2.20. The van der Waals surface area contributed by atoms with E-state index in [1.165, 1.54) is 10.5 Å². The van der Waals surface area contributed by atoms with Crippen LogP contribution in [-0.4, -0.2) is 11.8 Å². The molecule has 0 amide bonds. The van der Waals surface area contributed by atoms with Crippen LogP contribution in [0.2, 0.25) is 0 Å². The topological polar surface area (TPSA) is 12.0 Å². The minimum Gasteiger partial charge on any atom is -0.312 e. The zero-order valence-corrected chi connectivity index (χ0v) is 11.6. The number of nitrogens with one attached hydrogen (secondary N) is 1. The molecule has 1 nitrogen and oxygen atoms in total. The fraction of sp³-hybridized carbons (Fsp3) is 0.571. The molecule has 1 aromatic rings. The molecule has 0 spiro atoms. The van der Waals surface area contributed by atoms with E-state index in [0.29, 0.717) is 11.2 Å². The third kappa shape index (κ3) is 5.04. The lowest BCUT2D eigenvalue weighted by atomic mass is 10.2. The molecule has 0 radical (unpaired) electrons. The monoisotopic (exact) mass is 237 g/mol. The van der Waals surface area contributed by atoms with Gasteiger partial charge >= 0.3 is 0 Å². The van der Waals surface area contributed by atoms with E-state index in [1.807, 2.05) is 11.8 Å². The maximum Gasteiger partial charge on any atom is 0.0216 e. The fourth-order valence-electron chi connectivity index (χ4n) is 1.51. The standard InChI is InChI=1S/C14H23NS/c1-11(2)9-15-10-13-7-5-6-8-14(13)16-12(3)4/h5-8,11-12,15H,9-10H2,1-4H3. The summed E-state index contributed by atoms with van der Waals surface area (Å²) >= 11 is 1.94. The zero-order valence-electron chi connectivity index (χ0n) is 10.8. The van der Waals surface area contributed by atoms with Crippen LogP contribution in [0, 0.1) is 5.92 Å². The second kappa shape index (κ2) is 6.97. The van der Waals surface area contributed by atoms with E-state index in [4.69, 9.17) is 0 Å². The van der Waals surface area contributed by atoms with Gasteiger partial charge in [-0.15, -0.1) is 11.8 Å². The van der Waals surface area contributed by atoms with Crippen LogP contribution in [0.15, 0.2) is 29.2 Å². The van der Waals surface area contributed by atoms with Crippen molar-refractivity contribution in [3.8, 4) is 0 Å². The molecule has 0 bridgehead atoms. The lowest BCUT2D eigenvalue weighted by molar-refractivity contribution is 0.550. The molecule has 0 aliphatic rings. The van der Waals surface area contributed by atoms with Crippen molar-refractivity contribution in [2.24, 2.45) is 5.92 Å². The van der Waals surface area contributed by atoms with E-state index in [9.17, 15) is 0 Å². The third-order valence-corrected chi connectivity index (χ3v) is 3.33. The van der Waals surface area contributed by atoms with Crippen LogP contribution in [0.5, 0.6) is 0 Å². The number of thioether (sulfide) groups is 1. The Morgan fingerprint density at radius 3 is 2.44 bits per heavy atom. The van der Waals surface area contributed by atoms with E-state index in [0.717, 1.165) is 13.1 Å². The highest BCUT2D eigenvalue weighted by Crippen LogP contribution is 2.26. The molecular weight excluding hydrogens is 214 g/mol. The first kappa shape index (κ1) is 13.6. The van der Waals surface area contributed by atoms with Crippen molar-refractivity contribution in [3.63, 3.8) is 0 Å². The predicted octanol–water partition coefficient (Wildman–Crippen LogP) is 3.93. The van der Waals surface area contributed by atoms with Gasteiger partial charge in [-0.1, -0.05) is 45.9 Å². The predicted molar refractivity (Wildman–Crippen MR) is 74.0 cm³/mol. The minimum absolute atomic E-state index is 0.645. The molecule has 0 heterocycles. The van der Waals surface area contributed by atoms with Crippen molar-refractivity contribution in [1.29, 1.82) is 0 Å². The largest absolute Gasteiger partial charge is 0.312 e. The van der Waals surface area contributed by atoms with Gasteiger partial charge < -0.3 is 5.32 Å². The second-order valence-corrected chi connectivity index (χ2v) is 6.42. The Balaban J connectivity index is 2.56. The average Bonchev–Trinajstić information content (AvgIpc) is 2.19. The van der Waals surface area contributed by atoms with Gasteiger partial charge in [0.2, 0.25) is 0 Å². The van der Waals surface area contributed by atoms with Gasteiger partial charge in [0.05, 0.1) is 0 Å². The van der Waals surface area contributed by atoms with E-state index in [-0.39, 0.29) is 0 Å². The van der Waals surface area contributed by atoms with Crippen molar-refractivity contribution in [1.82, 2.24) is 5.32 Å². The average molecular weight is 237 g/mol. The smallest absolute Gasteiger partial charge is 0.0216 e. The molecule has 0 saturated heterocycles. The molecule has 0 atom stereocenters. The van der Waals surface area contributed by atoms with Gasteiger partial charge in [-0.05, 0) is 24.1 Å². The van der Waals surface area contributed by atoms with Crippen LogP contribution in [0.4, 0.5) is 0 Å². The van der Waals surface area contributed by atoms with Crippen LogP contribution in [0.1, 0.15) is 33.3 Å². The van der Waals surface area contributed by atoms with E-state index < -0.39 is 0 Å². The normalized spacial score (nSPS) is 11.4. The SMILES string of the molecule is CC(C)CNCc1ccccc1SC(C)C. The summed E-state index contributed by atoms with van der Waals surface area (Å²) in [6.45, 7) is 11.0. The van der Waals surface area contributed by atoms with Gasteiger partial charge in [0.25, 0.3) is 0 Å². The van der Waals surface area contributed by atoms with Gasteiger partial charge in [0.1, 0.15) is 0 Å². The Hall–Kier alpha value is -0.470. The quantitative estimate of drug-likeness (QED) is 0.752. The van der Waals surface area contributed by atoms with Gasteiger partial charge in [-0.3, -0.25) is 0 Å². The molecule has 1 aromatic carbocycles. The molecule has 0 aliphatic heterocycles. The van der Waals surface area contributed by atoms with Crippen LogP contribution in [0.3, 0.4) is 0 Å². The molecular formula is C14H23NS. The van der Waals surface area contributed by atoms with Crippen molar-refractivity contribution in [3.05, 3.63) is 29.8 Å². The highest BCUT2D eigenvalue weighted by atomic mass is 32.2. The first-order valence-electron chi connectivity index (χ1n) is 6.05. The molecule has 0 unspecified atom stereocenters. The summed E-state index contributed by atoms with van der Waals surface area (Å²) in [5, 5.41) is 4.15. The first-order valence-corrected chi connectivity index (χ1v) is 6.93. The summed E-state index contributed by atoms with van der Waals surface area (Å²) in [6, 6.07) is 8.68. The second-order valence-electron chi connectivity index (χ2n) is 4.80. The summed E-state index contributed by atoms with van der Waals surface area (Å²) in [5.41, 5.74) is 1.42. The van der Waals surface area contributed by atoms with Gasteiger partial charge in [0.15, 0.2) is 0 Å². The molecule has 0 saturated carbocycles. The number of hydrogen-bond acceptors (Lipinski definition) is 2. The first-order chi connectivity index (χ1) is 7.59. The highest BCUT2D eigenvalue weighted by Gasteiger charge is 2.04. The molecule has 0 aromatic heterocycles. The lowest BCUT2D eigenvalue weighted by Crippen LogP contribution is -2.19. The lowest BCUT2D eigenvalue weighted by Gasteiger charge is -2.12.